The lowest BCUT2D eigenvalue weighted by atomic mass is 9.93. The molecule has 31 heavy (non-hydrogen) atoms. The highest BCUT2D eigenvalue weighted by atomic mass is 32.2. The molecule has 2 aromatic heterocycles. The molecule has 0 atom stereocenters. The predicted octanol–water partition coefficient (Wildman–Crippen LogP) is 5.69. The van der Waals surface area contributed by atoms with E-state index in [1.54, 1.807) is 37.4 Å². The summed E-state index contributed by atoms with van der Waals surface area (Å²) in [4.78, 5) is 8.17. The molecule has 0 spiro atoms. The molecule has 2 aromatic carbocycles. The highest BCUT2D eigenvalue weighted by Gasteiger charge is 2.33. The van der Waals surface area contributed by atoms with Crippen molar-refractivity contribution in [3.8, 4) is 22.3 Å². The van der Waals surface area contributed by atoms with Gasteiger partial charge in [0.2, 0.25) is 0 Å². The number of para-hydroxylation sites is 1. The maximum Gasteiger partial charge on any atom is 0.418 e. The second-order valence-electron chi connectivity index (χ2n) is 7.28. The molecule has 0 radical (unpaired) electrons. The summed E-state index contributed by atoms with van der Waals surface area (Å²) in [6.07, 6.45) is 0.855. The number of rotatable bonds is 3. The van der Waals surface area contributed by atoms with Crippen LogP contribution in [0.5, 0.6) is 0 Å². The first-order valence-electron chi connectivity index (χ1n) is 9.27. The van der Waals surface area contributed by atoms with Crippen LogP contribution in [0.25, 0.3) is 33.2 Å². The van der Waals surface area contributed by atoms with Gasteiger partial charge in [-0.05, 0) is 47.4 Å². The molecule has 0 saturated carbocycles. The summed E-state index contributed by atoms with van der Waals surface area (Å²) in [5, 5.41) is 0.398. The zero-order valence-electron chi connectivity index (χ0n) is 16.6. The second-order valence-corrected chi connectivity index (χ2v) is 9.29. The Labute approximate surface area is 177 Å². The quantitative estimate of drug-likeness (QED) is 0.409. The van der Waals surface area contributed by atoms with E-state index in [2.05, 4.69) is 9.97 Å². The molecule has 0 amide bonds. The number of fused-ring (bicyclic) bond motifs is 1. The van der Waals surface area contributed by atoms with Crippen molar-refractivity contribution in [2.45, 2.75) is 18.0 Å². The first-order chi connectivity index (χ1) is 14.6. The van der Waals surface area contributed by atoms with Gasteiger partial charge in [0, 0.05) is 35.8 Å². The van der Waals surface area contributed by atoms with Crippen molar-refractivity contribution in [3.05, 3.63) is 78.2 Å². The first kappa shape index (κ1) is 21.0. The fourth-order valence-electron chi connectivity index (χ4n) is 3.57. The van der Waals surface area contributed by atoms with Crippen molar-refractivity contribution in [3.63, 3.8) is 0 Å². The molecule has 0 saturated heterocycles. The Morgan fingerprint density at radius 2 is 1.58 bits per heavy atom. The average Bonchev–Trinajstić information content (AvgIpc) is 2.72. The monoisotopic (exact) mass is 442 g/mol. The minimum Gasteiger partial charge on any atom is -0.263 e. The molecule has 8 heteroatoms. The van der Waals surface area contributed by atoms with Gasteiger partial charge in [0.25, 0.3) is 0 Å². The average molecular weight is 442 g/mol. The SMILES string of the molecule is Cc1cnc2c(C(F)(F)F)cccc2c1-c1cccc(-c2cncc(S(C)(=O)=O)c2)c1. The van der Waals surface area contributed by atoms with E-state index in [-0.39, 0.29) is 10.4 Å². The fraction of sp³-hybridized carbons (Fsp3) is 0.130. The molecule has 4 rings (SSSR count). The summed E-state index contributed by atoms with van der Waals surface area (Å²) in [6.45, 7) is 1.79. The van der Waals surface area contributed by atoms with Crippen LogP contribution in [-0.2, 0) is 16.0 Å². The van der Waals surface area contributed by atoms with Gasteiger partial charge in [-0.2, -0.15) is 13.2 Å². The van der Waals surface area contributed by atoms with Crippen LogP contribution in [0, 0.1) is 6.92 Å². The lowest BCUT2D eigenvalue weighted by Gasteiger charge is -2.15. The molecule has 0 aliphatic rings. The van der Waals surface area contributed by atoms with E-state index in [0.717, 1.165) is 17.9 Å². The van der Waals surface area contributed by atoms with E-state index in [4.69, 9.17) is 0 Å². The molecule has 0 N–H and O–H groups in total. The van der Waals surface area contributed by atoms with E-state index in [1.165, 1.54) is 24.5 Å². The van der Waals surface area contributed by atoms with Gasteiger partial charge in [0.05, 0.1) is 16.0 Å². The van der Waals surface area contributed by atoms with Gasteiger partial charge in [-0.15, -0.1) is 0 Å². The number of pyridine rings is 2. The third kappa shape index (κ3) is 4.03. The summed E-state index contributed by atoms with van der Waals surface area (Å²) < 4.78 is 64.2. The van der Waals surface area contributed by atoms with Crippen LogP contribution in [0.2, 0.25) is 0 Å². The Morgan fingerprint density at radius 3 is 2.29 bits per heavy atom. The number of hydrogen-bond acceptors (Lipinski definition) is 4. The number of halogens is 3. The van der Waals surface area contributed by atoms with Gasteiger partial charge in [-0.3, -0.25) is 9.97 Å². The molecule has 4 aromatic rings. The molecule has 0 aliphatic heterocycles. The highest BCUT2D eigenvalue weighted by Crippen LogP contribution is 2.39. The van der Waals surface area contributed by atoms with Crippen LogP contribution >= 0.6 is 0 Å². The lowest BCUT2D eigenvalue weighted by molar-refractivity contribution is -0.136. The number of alkyl halides is 3. The third-order valence-corrected chi connectivity index (χ3v) is 6.10. The Bertz CT molecular complexity index is 1410. The van der Waals surface area contributed by atoms with Crippen molar-refractivity contribution in [1.82, 2.24) is 9.97 Å². The van der Waals surface area contributed by atoms with Crippen molar-refractivity contribution in [2.75, 3.05) is 6.26 Å². The molecule has 0 aliphatic carbocycles. The predicted molar refractivity (Wildman–Crippen MR) is 113 cm³/mol. The highest BCUT2D eigenvalue weighted by molar-refractivity contribution is 7.90. The van der Waals surface area contributed by atoms with Crippen LogP contribution in [0.3, 0.4) is 0 Å². The van der Waals surface area contributed by atoms with E-state index in [0.29, 0.717) is 27.6 Å². The summed E-state index contributed by atoms with van der Waals surface area (Å²) in [6, 6.07) is 12.7. The normalized spacial score (nSPS) is 12.3. The number of sulfone groups is 1. The van der Waals surface area contributed by atoms with Gasteiger partial charge >= 0.3 is 6.18 Å². The van der Waals surface area contributed by atoms with E-state index < -0.39 is 21.6 Å². The van der Waals surface area contributed by atoms with E-state index >= 15 is 0 Å². The van der Waals surface area contributed by atoms with Crippen LogP contribution in [0.4, 0.5) is 13.2 Å². The van der Waals surface area contributed by atoms with Gasteiger partial charge in [-0.1, -0.05) is 30.3 Å². The van der Waals surface area contributed by atoms with Gasteiger partial charge in [0.15, 0.2) is 9.84 Å². The van der Waals surface area contributed by atoms with Crippen molar-refractivity contribution < 1.29 is 21.6 Å². The summed E-state index contributed by atoms with van der Waals surface area (Å²) in [5.74, 6) is 0. The zero-order chi connectivity index (χ0) is 22.4. The van der Waals surface area contributed by atoms with E-state index in [1.807, 2.05) is 6.07 Å². The van der Waals surface area contributed by atoms with Crippen LogP contribution in [0.15, 0.2) is 72.0 Å². The Morgan fingerprint density at radius 1 is 0.871 bits per heavy atom. The van der Waals surface area contributed by atoms with Crippen LogP contribution in [0.1, 0.15) is 11.1 Å². The Hall–Kier alpha value is -3.26. The van der Waals surface area contributed by atoms with Crippen molar-refractivity contribution in [1.29, 1.82) is 0 Å². The third-order valence-electron chi connectivity index (χ3n) is 5.02. The fourth-order valence-corrected chi connectivity index (χ4v) is 4.16. The van der Waals surface area contributed by atoms with Crippen molar-refractivity contribution in [2.24, 2.45) is 0 Å². The number of benzene rings is 2. The van der Waals surface area contributed by atoms with Gasteiger partial charge < -0.3 is 0 Å². The summed E-state index contributed by atoms with van der Waals surface area (Å²) >= 11 is 0. The number of aromatic nitrogens is 2. The Kier molecular flexibility index (Phi) is 5.05. The zero-order valence-corrected chi connectivity index (χ0v) is 17.4. The number of nitrogens with zero attached hydrogens (tertiary/aromatic N) is 2. The molecule has 0 unspecified atom stereocenters. The van der Waals surface area contributed by atoms with Crippen molar-refractivity contribution >= 4 is 20.7 Å². The molecule has 4 nitrogen and oxygen atoms in total. The maximum absolute atomic E-state index is 13.5. The Balaban J connectivity index is 1.92. The smallest absolute Gasteiger partial charge is 0.263 e. The minimum atomic E-state index is -4.52. The summed E-state index contributed by atoms with van der Waals surface area (Å²) in [5.41, 5.74) is 2.47. The van der Waals surface area contributed by atoms with Gasteiger partial charge in [0.1, 0.15) is 0 Å². The molecule has 0 fully saturated rings. The largest absolute Gasteiger partial charge is 0.418 e. The second kappa shape index (κ2) is 7.46. The number of hydrogen-bond donors (Lipinski definition) is 0. The molecule has 158 valence electrons. The molecule has 2 heterocycles. The topological polar surface area (TPSA) is 59.9 Å². The molecular formula is C23H17F3N2O2S. The maximum atomic E-state index is 13.5. The summed E-state index contributed by atoms with van der Waals surface area (Å²) in [7, 11) is -3.43. The number of aryl methyl sites for hydroxylation is 1. The van der Waals surface area contributed by atoms with Gasteiger partial charge in [-0.25, -0.2) is 8.42 Å². The van der Waals surface area contributed by atoms with Crippen LogP contribution in [-0.4, -0.2) is 24.6 Å². The van der Waals surface area contributed by atoms with E-state index in [9.17, 15) is 21.6 Å². The molecule has 0 bridgehead atoms. The minimum absolute atomic E-state index is 0.0933. The standard InChI is InChI=1S/C23H17F3N2O2S/c1-14-11-28-22-19(7-4-8-20(22)23(24,25)26)21(14)16-6-3-5-15(9-16)17-10-18(13-27-12-17)31(2,29)30/h3-13H,1-2H3. The van der Waals surface area contributed by atoms with Crippen LogP contribution < -0.4 is 0 Å². The molecular weight excluding hydrogens is 425 g/mol. The first-order valence-corrected chi connectivity index (χ1v) is 11.2. The lowest BCUT2D eigenvalue weighted by Crippen LogP contribution is -2.07.